The molecule has 1 rings (SSSR count). The van der Waals surface area contributed by atoms with Crippen molar-refractivity contribution in [2.24, 2.45) is 0 Å². The Kier molecular flexibility index (Phi) is 5.92. The summed E-state index contributed by atoms with van der Waals surface area (Å²) in [6, 6.07) is 0. The van der Waals surface area contributed by atoms with Crippen LogP contribution in [-0.4, -0.2) is 34.8 Å². The summed E-state index contributed by atoms with van der Waals surface area (Å²) in [5.41, 5.74) is -3.44. The molecule has 0 aromatic carbocycles. The fourth-order valence-electron chi connectivity index (χ4n) is 1.27. The molecule has 0 fully saturated rings. The van der Waals surface area contributed by atoms with Gasteiger partial charge in [-0.2, -0.15) is 17.5 Å². The van der Waals surface area contributed by atoms with Gasteiger partial charge in [-0.15, -0.1) is 0 Å². The SMILES string of the molecule is CCOC(=O)c1c(C)nsc1NCCSC(F)(F)F. The van der Waals surface area contributed by atoms with Crippen molar-refractivity contribution in [3.63, 3.8) is 0 Å². The predicted octanol–water partition coefficient (Wildman–Crippen LogP) is 3.29. The number of ether oxygens (including phenoxy) is 1. The number of nitrogens with zero attached hydrogens (tertiary/aromatic N) is 1. The van der Waals surface area contributed by atoms with Crippen molar-refractivity contribution in [1.82, 2.24) is 4.37 Å². The molecule has 19 heavy (non-hydrogen) atoms. The molecule has 108 valence electrons. The number of rotatable bonds is 6. The van der Waals surface area contributed by atoms with Crippen LogP contribution in [0.1, 0.15) is 23.0 Å². The highest BCUT2D eigenvalue weighted by Gasteiger charge is 2.27. The van der Waals surface area contributed by atoms with Gasteiger partial charge in [0.1, 0.15) is 10.6 Å². The lowest BCUT2D eigenvalue weighted by Crippen LogP contribution is -2.12. The number of halogens is 3. The topological polar surface area (TPSA) is 51.2 Å². The number of anilines is 1. The van der Waals surface area contributed by atoms with Gasteiger partial charge in [-0.1, -0.05) is 0 Å². The Morgan fingerprint density at radius 2 is 2.21 bits per heavy atom. The zero-order valence-corrected chi connectivity index (χ0v) is 12.0. The van der Waals surface area contributed by atoms with Crippen molar-refractivity contribution < 1.29 is 22.7 Å². The van der Waals surface area contributed by atoms with Gasteiger partial charge in [0.25, 0.3) is 0 Å². The molecular formula is C10H13F3N2O2S2. The highest BCUT2D eigenvalue weighted by Crippen LogP contribution is 2.30. The van der Waals surface area contributed by atoms with Crippen molar-refractivity contribution in [2.75, 3.05) is 24.2 Å². The second kappa shape index (κ2) is 6.99. The molecule has 1 aromatic heterocycles. The number of hydrogen-bond acceptors (Lipinski definition) is 6. The zero-order chi connectivity index (χ0) is 14.5. The van der Waals surface area contributed by atoms with Crippen LogP contribution in [-0.2, 0) is 4.74 Å². The molecule has 0 saturated carbocycles. The highest BCUT2D eigenvalue weighted by molar-refractivity contribution is 8.00. The molecule has 0 radical (unpaired) electrons. The number of carbonyl (C=O) groups excluding carboxylic acids is 1. The normalized spacial score (nSPS) is 11.4. The van der Waals surface area contributed by atoms with Gasteiger partial charge in [0.15, 0.2) is 0 Å². The number of thioether (sulfide) groups is 1. The van der Waals surface area contributed by atoms with Gasteiger partial charge in [-0.3, -0.25) is 0 Å². The highest BCUT2D eigenvalue weighted by atomic mass is 32.2. The van der Waals surface area contributed by atoms with E-state index < -0.39 is 11.5 Å². The van der Waals surface area contributed by atoms with E-state index in [1.165, 1.54) is 0 Å². The van der Waals surface area contributed by atoms with Crippen LogP contribution in [0.25, 0.3) is 0 Å². The summed E-state index contributed by atoms with van der Waals surface area (Å²) >= 11 is 0.926. The van der Waals surface area contributed by atoms with Crippen LogP contribution in [0.3, 0.4) is 0 Å². The molecule has 0 bridgehead atoms. The molecule has 0 amide bonds. The Morgan fingerprint density at radius 3 is 2.79 bits per heavy atom. The maximum absolute atomic E-state index is 11.9. The van der Waals surface area contributed by atoms with Gasteiger partial charge >= 0.3 is 11.5 Å². The third kappa shape index (κ3) is 5.27. The smallest absolute Gasteiger partial charge is 0.441 e. The second-order valence-electron chi connectivity index (χ2n) is 3.41. The van der Waals surface area contributed by atoms with Crippen LogP contribution < -0.4 is 5.32 Å². The van der Waals surface area contributed by atoms with Gasteiger partial charge in [0.05, 0.1) is 12.3 Å². The minimum atomic E-state index is -4.24. The van der Waals surface area contributed by atoms with Gasteiger partial charge in [-0.05, 0) is 37.1 Å². The summed E-state index contributed by atoms with van der Waals surface area (Å²) in [5, 5.41) is 3.22. The molecule has 0 unspecified atom stereocenters. The van der Waals surface area contributed by atoms with Crippen molar-refractivity contribution in [1.29, 1.82) is 0 Å². The first-order valence-corrected chi connectivity index (χ1v) is 7.19. The predicted molar refractivity (Wildman–Crippen MR) is 69.8 cm³/mol. The summed E-state index contributed by atoms with van der Waals surface area (Å²) in [6.07, 6.45) is 0. The lowest BCUT2D eigenvalue weighted by molar-refractivity contribution is -0.0327. The van der Waals surface area contributed by atoms with E-state index in [0.717, 1.165) is 11.5 Å². The number of alkyl halides is 3. The lowest BCUT2D eigenvalue weighted by atomic mass is 10.2. The van der Waals surface area contributed by atoms with E-state index in [2.05, 4.69) is 9.69 Å². The first kappa shape index (κ1) is 16.1. The number of carbonyl (C=O) groups is 1. The van der Waals surface area contributed by atoms with Crippen LogP contribution >= 0.6 is 23.3 Å². The van der Waals surface area contributed by atoms with E-state index in [1.54, 1.807) is 13.8 Å². The van der Waals surface area contributed by atoms with E-state index in [-0.39, 0.29) is 30.7 Å². The Bertz CT molecular complexity index is 435. The van der Waals surface area contributed by atoms with Gasteiger partial charge in [0.2, 0.25) is 0 Å². The van der Waals surface area contributed by atoms with E-state index in [4.69, 9.17) is 4.74 Å². The molecule has 0 aliphatic carbocycles. The third-order valence-corrected chi connectivity index (χ3v) is 3.63. The van der Waals surface area contributed by atoms with Crippen LogP contribution in [0.2, 0.25) is 0 Å². The Balaban J connectivity index is 2.57. The Hall–Kier alpha value is -0.960. The minimum absolute atomic E-state index is 0.0955. The second-order valence-corrected chi connectivity index (χ2v) is 5.35. The first-order chi connectivity index (χ1) is 8.85. The number of aromatic nitrogens is 1. The monoisotopic (exact) mass is 314 g/mol. The molecule has 0 aliphatic rings. The maximum Gasteiger partial charge on any atom is 0.441 e. The maximum atomic E-state index is 11.9. The average Bonchev–Trinajstić information content (AvgIpc) is 2.65. The quantitative estimate of drug-likeness (QED) is 0.645. The first-order valence-electron chi connectivity index (χ1n) is 5.43. The molecule has 0 aliphatic heterocycles. The standard InChI is InChI=1S/C10H13F3N2O2S2/c1-3-17-9(16)7-6(2)15-19-8(7)14-4-5-18-10(11,12)13/h14H,3-5H2,1-2H3. The van der Waals surface area contributed by atoms with Crippen LogP contribution in [0.4, 0.5) is 18.2 Å². The molecule has 0 atom stereocenters. The summed E-state index contributed by atoms with van der Waals surface area (Å²) in [5.74, 6) is -0.650. The average molecular weight is 314 g/mol. The van der Waals surface area contributed by atoms with E-state index >= 15 is 0 Å². The number of esters is 1. The van der Waals surface area contributed by atoms with Crippen LogP contribution in [0.15, 0.2) is 0 Å². The van der Waals surface area contributed by atoms with Crippen molar-refractivity contribution in [3.05, 3.63) is 11.3 Å². The molecule has 1 aromatic rings. The van der Waals surface area contributed by atoms with E-state index in [0.29, 0.717) is 16.3 Å². The number of nitrogens with one attached hydrogen (secondary N) is 1. The summed E-state index contributed by atoms with van der Waals surface area (Å²) in [4.78, 5) is 11.7. The number of aryl methyl sites for hydroxylation is 1. The van der Waals surface area contributed by atoms with Gasteiger partial charge in [0, 0.05) is 12.3 Å². The fourth-order valence-corrected chi connectivity index (χ4v) is 2.51. The van der Waals surface area contributed by atoms with Crippen LogP contribution in [0, 0.1) is 6.92 Å². The summed E-state index contributed by atoms with van der Waals surface area (Å²) in [7, 11) is 0. The molecule has 1 N–H and O–H groups in total. The molecule has 0 spiro atoms. The molecular weight excluding hydrogens is 301 g/mol. The van der Waals surface area contributed by atoms with E-state index in [9.17, 15) is 18.0 Å². The molecule has 1 heterocycles. The van der Waals surface area contributed by atoms with Crippen molar-refractivity contribution in [2.45, 2.75) is 19.4 Å². The Morgan fingerprint density at radius 1 is 1.53 bits per heavy atom. The molecule has 0 saturated heterocycles. The van der Waals surface area contributed by atoms with Gasteiger partial charge in [-0.25, -0.2) is 4.79 Å². The van der Waals surface area contributed by atoms with Crippen LogP contribution in [0.5, 0.6) is 0 Å². The lowest BCUT2D eigenvalue weighted by Gasteiger charge is -2.08. The number of hydrogen-bond donors (Lipinski definition) is 1. The zero-order valence-electron chi connectivity index (χ0n) is 10.3. The third-order valence-electron chi connectivity index (χ3n) is 2.00. The Labute approximate surface area is 116 Å². The largest absolute Gasteiger partial charge is 0.462 e. The molecule has 9 heteroatoms. The van der Waals surface area contributed by atoms with Gasteiger partial charge < -0.3 is 10.1 Å². The fraction of sp³-hybridized carbons (Fsp3) is 0.600. The summed E-state index contributed by atoms with van der Waals surface area (Å²) < 4.78 is 44.7. The minimum Gasteiger partial charge on any atom is -0.462 e. The van der Waals surface area contributed by atoms with Crippen molar-refractivity contribution >= 4 is 34.3 Å². The summed E-state index contributed by atoms with van der Waals surface area (Å²) in [6.45, 7) is 3.66. The van der Waals surface area contributed by atoms with Crippen molar-refractivity contribution in [3.8, 4) is 0 Å². The molecule has 4 nitrogen and oxygen atoms in total. The van der Waals surface area contributed by atoms with E-state index in [1.807, 2.05) is 0 Å².